The first kappa shape index (κ1) is 18.3. The van der Waals surface area contributed by atoms with Crippen molar-refractivity contribution in [2.24, 2.45) is 0 Å². The Balaban J connectivity index is 1.53. The number of benzene rings is 2. The summed E-state index contributed by atoms with van der Waals surface area (Å²) in [4.78, 5) is 27.1. The molecule has 1 N–H and O–H groups in total. The fourth-order valence-corrected chi connectivity index (χ4v) is 2.81. The Morgan fingerprint density at radius 1 is 1.19 bits per heavy atom. The molecule has 0 saturated carbocycles. The molecule has 27 heavy (non-hydrogen) atoms. The number of rotatable bonds is 7. The summed E-state index contributed by atoms with van der Waals surface area (Å²) in [5.41, 5.74) is 1.41. The molecule has 7 nitrogen and oxygen atoms in total. The summed E-state index contributed by atoms with van der Waals surface area (Å²) in [6, 6.07) is 14.1. The van der Waals surface area contributed by atoms with Crippen molar-refractivity contribution in [3.63, 3.8) is 0 Å². The van der Waals surface area contributed by atoms with E-state index in [9.17, 15) is 14.9 Å². The van der Waals surface area contributed by atoms with E-state index in [4.69, 9.17) is 4.74 Å². The second kappa shape index (κ2) is 8.27. The van der Waals surface area contributed by atoms with E-state index in [2.05, 4.69) is 10.3 Å². The Kier molecular flexibility index (Phi) is 5.61. The van der Waals surface area contributed by atoms with Gasteiger partial charge in [0, 0.05) is 35.3 Å². The normalized spacial score (nSPS) is 10.6. The lowest BCUT2D eigenvalue weighted by Gasteiger charge is -2.10. The molecule has 0 aliphatic heterocycles. The third-order valence-electron chi connectivity index (χ3n) is 4.21. The number of carbonyl (C=O) groups excluding carboxylic acids is 1. The summed E-state index contributed by atoms with van der Waals surface area (Å²) < 4.78 is 5.78. The minimum atomic E-state index is -0.488. The molecule has 1 aromatic heterocycles. The van der Waals surface area contributed by atoms with E-state index in [1.54, 1.807) is 19.2 Å². The highest BCUT2D eigenvalue weighted by Crippen LogP contribution is 2.23. The van der Waals surface area contributed by atoms with Crippen LogP contribution >= 0.6 is 0 Å². The Morgan fingerprint density at radius 2 is 1.96 bits per heavy atom. The Morgan fingerprint density at radius 3 is 2.78 bits per heavy atom. The van der Waals surface area contributed by atoms with Gasteiger partial charge in [-0.05, 0) is 31.5 Å². The van der Waals surface area contributed by atoms with Gasteiger partial charge in [-0.1, -0.05) is 24.3 Å². The Hall–Kier alpha value is -3.48. The van der Waals surface area contributed by atoms with Gasteiger partial charge >= 0.3 is 0 Å². The third kappa shape index (κ3) is 4.20. The number of amides is 1. The van der Waals surface area contributed by atoms with Crippen LogP contribution in [0.2, 0.25) is 0 Å². The number of nitrogens with one attached hydrogen (secondary N) is 1. The molecule has 1 amide bonds. The molecule has 3 rings (SSSR count). The molecule has 0 radical (unpaired) electrons. The van der Waals surface area contributed by atoms with Crippen LogP contribution in [-0.2, 0) is 0 Å². The van der Waals surface area contributed by atoms with Crippen molar-refractivity contribution in [2.75, 3.05) is 13.2 Å². The number of pyridine rings is 1. The molecular formula is C20H19N3O4. The summed E-state index contributed by atoms with van der Waals surface area (Å²) >= 11 is 0. The summed E-state index contributed by atoms with van der Waals surface area (Å²) in [5, 5.41) is 14.8. The van der Waals surface area contributed by atoms with Gasteiger partial charge in [0.15, 0.2) is 0 Å². The van der Waals surface area contributed by atoms with Crippen molar-refractivity contribution in [1.29, 1.82) is 0 Å². The van der Waals surface area contributed by atoms with E-state index in [-0.39, 0.29) is 11.6 Å². The zero-order chi connectivity index (χ0) is 19.2. The largest absolute Gasteiger partial charge is 0.491 e. The monoisotopic (exact) mass is 365 g/mol. The maximum absolute atomic E-state index is 12.3. The molecule has 0 aliphatic carbocycles. The number of nitro groups is 1. The number of para-hydroxylation sites is 1. The first-order chi connectivity index (χ1) is 13.1. The van der Waals surface area contributed by atoms with Gasteiger partial charge in [0.2, 0.25) is 0 Å². The number of nitrogens with zero attached hydrogens (tertiary/aromatic N) is 2. The van der Waals surface area contributed by atoms with Crippen molar-refractivity contribution in [2.45, 2.75) is 13.3 Å². The predicted molar refractivity (Wildman–Crippen MR) is 102 cm³/mol. The highest BCUT2D eigenvalue weighted by Gasteiger charge is 2.17. The molecular weight excluding hydrogens is 346 g/mol. The van der Waals surface area contributed by atoms with Crippen LogP contribution in [0, 0.1) is 17.0 Å². The quantitative estimate of drug-likeness (QED) is 0.392. The molecule has 0 atom stereocenters. The Labute approximate surface area is 156 Å². The van der Waals surface area contributed by atoms with Gasteiger partial charge < -0.3 is 10.1 Å². The van der Waals surface area contributed by atoms with E-state index >= 15 is 0 Å². The number of nitro benzene ring substituents is 1. The van der Waals surface area contributed by atoms with Gasteiger partial charge in [0.05, 0.1) is 11.5 Å². The number of hydrogen-bond donors (Lipinski definition) is 1. The van der Waals surface area contributed by atoms with Crippen LogP contribution in [0.15, 0.2) is 54.7 Å². The van der Waals surface area contributed by atoms with Gasteiger partial charge in [-0.15, -0.1) is 0 Å². The molecule has 0 fully saturated rings. The van der Waals surface area contributed by atoms with Crippen molar-refractivity contribution < 1.29 is 14.5 Å². The van der Waals surface area contributed by atoms with E-state index in [1.165, 1.54) is 12.1 Å². The molecule has 0 spiro atoms. The average molecular weight is 365 g/mol. The summed E-state index contributed by atoms with van der Waals surface area (Å²) in [7, 11) is 0. The molecule has 0 saturated heterocycles. The van der Waals surface area contributed by atoms with Gasteiger partial charge in [-0.2, -0.15) is 0 Å². The number of carbonyl (C=O) groups is 1. The van der Waals surface area contributed by atoms with Crippen molar-refractivity contribution >= 4 is 22.5 Å². The SMILES string of the molecule is Cc1c(C(=O)NCCCOc2cccc3cccnc23)cccc1[N+](=O)[O-]. The molecule has 0 unspecified atom stereocenters. The van der Waals surface area contributed by atoms with E-state index < -0.39 is 4.92 Å². The number of hydrogen-bond acceptors (Lipinski definition) is 5. The minimum absolute atomic E-state index is 0.0607. The lowest BCUT2D eigenvalue weighted by Crippen LogP contribution is -2.26. The minimum Gasteiger partial charge on any atom is -0.491 e. The van der Waals surface area contributed by atoms with Crippen LogP contribution in [0.3, 0.4) is 0 Å². The average Bonchev–Trinajstić information content (AvgIpc) is 2.67. The lowest BCUT2D eigenvalue weighted by atomic mass is 10.1. The third-order valence-corrected chi connectivity index (χ3v) is 4.21. The Bertz CT molecular complexity index is 983. The van der Waals surface area contributed by atoms with Gasteiger partial charge in [-0.3, -0.25) is 19.9 Å². The van der Waals surface area contributed by atoms with E-state index in [0.29, 0.717) is 36.4 Å². The molecule has 3 aromatic rings. The van der Waals surface area contributed by atoms with Gasteiger partial charge in [0.1, 0.15) is 11.3 Å². The summed E-state index contributed by atoms with van der Waals surface area (Å²) in [6.45, 7) is 2.40. The second-order valence-electron chi connectivity index (χ2n) is 6.00. The number of ether oxygens (including phenoxy) is 1. The molecule has 138 valence electrons. The zero-order valence-corrected chi connectivity index (χ0v) is 14.8. The lowest BCUT2D eigenvalue weighted by molar-refractivity contribution is -0.385. The van der Waals surface area contributed by atoms with Crippen molar-refractivity contribution in [1.82, 2.24) is 10.3 Å². The molecule has 0 aliphatic rings. The molecule has 7 heteroatoms. The second-order valence-corrected chi connectivity index (χ2v) is 6.00. The molecule has 2 aromatic carbocycles. The van der Waals surface area contributed by atoms with Gasteiger partial charge in [0.25, 0.3) is 11.6 Å². The first-order valence-corrected chi connectivity index (χ1v) is 8.56. The first-order valence-electron chi connectivity index (χ1n) is 8.56. The highest BCUT2D eigenvalue weighted by molar-refractivity contribution is 5.96. The summed E-state index contributed by atoms with van der Waals surface area (Å²) in [6.07, 6.45) is 2.32. The van der Waals surface area contributed by atoms with Crippen LogP contribution in [0.4, 0.5) is 5.69 Å². The summed E-state index contributed by atoms with van der Waals surface area (Å²) in [5.74, 6) is 0.372. The standard InChI is InChI=1S/C20H19N3O4/c1-14-16(8-3-9-17(14)23(25)26)20(24)22-12-5-13-27-18-10-2-6-15-7-4-11-21-19(15)18/h2-4,6-11H,5,12-13H2,1H3,(H,22,24). The van der Waals surface area contributed by atoms with Crippen LogP contribution < -0.4 is 10.1 Å². The number of aromatic nitrogens is 1. The highest BCUT2D eigenvalue weighted by atomic mass is 16.6. The predicted octanol–water partition coefficient (Wildman–Crippen LogP) is 3.65. The fourth-order valence-electron chi connectivity index (χ4n) is 2.81. The fraction of sp³-hybridized carbons (Fsp3) is 0.200. The topological polar surface area (TPSA) is 94.4 Å². The van der Waals surface area contributed by atoms with Gasteiger partial charge in [-0.25, -0.2) is 0 Å². The van der Waals surface area contributed by atoms with Crippen LogP contribution in [-0.4, -0.2) is 29.0 Å². The van der Waals surface area contributed by atoms with Crippen molar-refractivity contribution in [3.05, 3.63) is 76.0 Å². The maximum atomic E-state index is 12.3. The van der Waals surface area contributed by atoms with Crippen LogP contribution in [0.25, 0.3) is 10.9 Å². The van der Waals surface area contributed by atoms with Crippen LogP contribution in [0.5, 0.6) is 5.75 Å². The zero-order valence-electron chi connectivity index (χ0n) is 14.8. The maximum Gasteiger partial charge on any atom is 0.273 e. The van der Waals surface area contributed by atoms with E-state index in [1.807, 2.05) is 30.3 Å². The molecule has 1 heterocycles. The van der Waals surface area contributed by atoms with Crippen molar-refractivity contribution in [3.8, 4) is 5.75 Å². The number of fused-ring (bicyclic) bond motifs is 1. The molecule has 0 bridgehead atoms. The van der Waals surface area contributed by atoms with Crippen LogP contribution in [0.1, 0.15) is 22.3 Å². The van der Waals surface area contributed by atoms with E-state index in [0.717, 1.165) is 10.9 Å². The smallest absolute Gasteiger partial charge is 0.273 e.